The van der Waals surface area contributed by atoms with E-state index in [0.29, 0.717) is 11.6 Å². The van der Waals surface area contributed by atoms with Crippen molar-refractivity contribution in [2.45, 2.75) is 31.3 Å². The van der Waals surface area contributed by atoms with Gasteiger partial charge in [-0.25, -0.2) is 15.4 Å². The second-order valence-corrected chi connectivity index (χ2v) is 6.80. The van der Waals surface area contributed by atoms with Crippen molar-refractivity contribution in [1.82, 2.24) is 30.7 Å². The number of aryl methyl sites for hydroxylation is 1. The summed E-state index contributed by atoms with van der Waals surface area (Å²) in [7, 11) is 4.23. The summed E-state index contributed by atoms with van der Waals surface area (Å²) < 4.78 is 0. The van der Waals surface area contributed by atoms with Crippen LogP contribution in [0.2, 0.25) is 0 Å². The van der Waals surface area contributed by atoms with Gasteiger partial charge in [0.2, 0.25) is 0 Å². The smallest absolute Gasteiger partial charge is 0.263 e. The Morgan fingerprint density at radius 1 is 1.36 bits per heavy atom. The lowest BCUT2D eigenvalue weighted by atomic mass is 9.92. The number of hydrogen-bond acceptors (Lipinski definition) is 5. The van der Waals surface area contributed by atoms with Crippen LogP contribution in [-0.4, -0.2) is 39.9 Å². The van der Waals surface area contributed by atoms with Crippen LogP contribution in [0.1, 0.15) is 47.6 Å². The average molecular weight is 338 g/mol. The molecule has 1 fully saturated rings. The molecule has 0 bridgehead atoms. The van der Waals surface area contributed by atoms with E-state index < -0.39 is 0 Å². The highest BCUT2D eigenvalue weighted by Crippen LogP contribution is 2.34. The van der Waals surface area contributed by atoms with Crippen LogP contribution in [0.15, 0.2) is 30.2 Å². The molecule has 0 saturated carbocycles. The van der Waals surface area contributed by atoms with Crippen LogP contribution >= 0.6 is 0 Å². The predicted molar refractivity (Wildman–Crippen MR) is 94.2 cm³/mol. The van der Waals surface area contributed by atoms with Crippen LogP contribution < -0.4 is 10.9 Å². The van der Waals surface area contributed by atoms with Gasteiger partial charge in [-0.05, 0) is 57.1 Å². The molecule has 2 aliphatic rings. The Morgan fingerprint density at radius 2 is 2.24 bits per heavy atom. The number of H-pyrrole nitrogens is 1. The molecular formula is C18H22N6O. The first-order valence-corrected chi connectivity index (χ1v) is 8.55. The highest BCUT2D eigenvalue weighted by molar-refractivity contribution is 6.00. The van der Waals surface area contributed by atoms with E-state index in [4.69, 9.17) is 0 Å². The van der Waals surface area contributed by atoms with Crippen molar-refractivity contribution < 1.29 is 4.79 Å². The van der Waals surface area contributed by atoms with E-state index >= 15 is 0 Å². The minimum Gasteiger partial charge on any atom is -0.359 e. The number of aromatic amines is 1. The molecule has 1 saturated heterocycles. The highest BCUT2D eigenvalue weighted by atomic mass is 16.2. The number of aromatic nitrogens is 3. The number of nitrogens with one attached hydrogen (secondary N) is 3. The Hall–Kier alpha value is -2.51. The lowest BCUT2D eigenvalue weighted by Gasteiger charge is -2.28. The van der Waals surface area contributed by atoms with Gasteiger partial charge in [0, 0.05) is 29.2 Å². The Kier molecular flexibility index (Phi) is 4.10. The van der Waals surface area contributed by atoms with Crippen LogP contribution in [0.3, 0.4) is 0 Å². The first-order chi connectivity index (χ1) is 12.1. The molecule has 1 amide bonds. The molecule has 3 heterocycles. The van der Waals surface area contributed by atoms with Gasteiger partial charge >= 0.3 is 0 Å². The first-order valence-electron chi connectivity index (χ1n) is 8.55. The van der Waals surface area contributed by atoms with E-state index in [1.165, 1.54) is 30.4 Å². The molecule has 2 aromatic rings. The third-order valence-corrected chi connectivity index (χ3v) is 4.96. The monoisotopic (exact) mass is 338 g/mol. The maximum atomic E-state index is 12.3. The highest BCUT2D eigenvalue weighted by Gasteiger charge is 2.31. The van der Waals surface area contributed by atoms with Gasteiger partial charge in [0.15, 0.2) is 0 Å². The normalized spacial score (nSPS) is 24.6. The summed E-state index contributed by atoms with van der Waals surface area (Å²) in [6, 6.07) is 4.14. The standard InChI is InChI=1S/C18H22N6O/c1-24(2)16-5-3-4-14-12(16)8-11(21-14)9-13-17(22-23-18(13)25)15-6-7-19-10-20-15/h6-10,16-17,21-22H,3-5H2,1-2H3,(H,23,25). The van der Waals surface area contributed by atoms with Crippen molar-refractivity contribution >= 4 is 12.0 Å². The Balaban J connectivity index is 1.69. The third kappa shape index (κ3) is 2.96. The topological polar surface area (TPSA) is 85.9 Å². The van der Waals surface area contributed by atoms with Crippen LogP contribution in [-0.2, 0) is 11.2 Å². The maximum Gasteiger partial charge on any atom is 0.263 e. The molecule has 1 aliphatic carbocycles. The fourth-order valence-electron chi connectivity index (χ4n) is 3.72. The van der Waals surface area contributed by atoms with Crippen molar-refractivity contribution in [1.29, 1.82) is 0 Å². The van der Waals surface area contributed by atoms with Gasteiger partial charge < -0.3 is 9.88 Å². The molecule has 4 rings (SSSR count). The van der Waals surface area contributed by atoms with Gasteiger partial charge in [0.1, 0.15) is 6.33 Å². The molecule has 2 atom stereocenters. The van der Waals surface area contributed by atoms with Gasteiger partial charge in [-0.3, -0.25) is 10.2 Å². The number of fused-ring (bicyclic) bond motifs is 1. The number of rotatable bonds is 3. The van der Waals surface area contributed by atoms with Crippen LogP contribution in [0.4, 0.5) is 0 Å². The summed E-state index contributed by atoms with van der Waals surface area (Å²) in [6.07, 6.45) is 8.50. The first kappa shape index (κ1) is 16.0. The summed E-state index contributed by atoms with van der Waals surface area (Å²) in [5, 5.41) is 0. The molecule has 0 spiro atoms. The van der Waals surface area contributed by atoms with Crippen molar-refractivity contribution in [3.63, 3.8) is 0 Å². The molecule has 0 aromatic carbocycles. The number of hydrazine groups is 1. The van der Waals surface area contributed by atoms with Crippen LogP contribution in [0.25, 0.3) is 6.08 Å². The van der Waals surface area contributed by atoms with E-state index in [0.717, 1.165) is 17.8 Å². The summed E-state index contributed by atoms with van der Waals surface area (Å²) in [6.45, 7) is 0. The number of carbonyl (C=O) groups is 1. The van der Waals surface area contributed by atoms with E-state index in [-0.39, 0.29) is 11.9 Å². The number of nitrogens with zero attached hydrogens (tertiary/aromatic N) is 3. The van der Waals surface area contributed by atoms with Crippen LogP contribution in [0, 0.1) is 0 Å². The van der Waals surface area contributed by atoms with E-state index in [9.17, 15) is 4.79 Å². The molecule has 130 valence electrons. The molecule has 2 aromatic heterocycles. The Labute approximate surface area is 146 Å². The van der Waals surface area contributed by atoms with Gasteiger partial charge in [-0.2, -0.15) is 0 Å². The van der Waals surface area contributed by atoms with Crippen molar-refractivity contribution in [3.8, 4) is 0 Å². The van der Waals surface area contributed by atoms with Crippen LogP contribution in [0.5, 0.6) is 0 Å². The van der Waals surface area contributed by atoms with Crippen molar-refractivity contribution in [3.05, 3.63) is 52.9 Å². The van der Waals surface area contributed by atoms with E-state index in [1.807, 2.05) is 12.1 Å². The SMILES string of the molecule is CN(C)C1CCCc2[nH]c(C=C3C(=O)NNC3c3ccncn3)cc21. The molecule has 0 radical (unpaired) electrons. The zero-order valence-corrected chi connectivity index (χ0v) is 14.4. The third-order valence-electron chi connectivity index (χ3n) is 4.96. The fraction of sp³-hybridized carbons (Fsp3) is 0.389. The fourth-order valence-corrected chi connectivity index (χ4v) is 3.72. The lowest BCUT2D eigenvalue weighted by molar-refractivity contribution is -0.116. The number of amides is 1. The number of carbonyl (C=O) groups excluding carboxylic acids is 1. The quantitative estimate of drug-likeness (QED) is 0.739. The summed E-state index contributed by atoms with van der Waals surface area (Å²) in [5.74, 6) is -0.125. The summed E-state index contributed by atoms with van der Waals surface area (Å²) >= 11 is 0. The minimum atomic E-state index is -0.277. The molecule has 2 unspecified atom stereocenters. The summed E-state index contributed by atoms with van der Waals surface area (Å²) in [5.41, 5.74) is 10.7. The van der Waals surface area contributed by atoms with Gasteiger partial charge in [0.25, 0.3) is 5.91 Å². The average Bonchev–Trinajstić information content (AvgIpc) is 3.19. The predicted octanol–water partition coefficient (Wildman–Crippen LogP) is 1.50. The Morgan fingerprint density at radius 3 is 3.00 bits per heavy atom. The molecule has 7 nitrogen and oxygen atoms in total. The zero-order chi connectivity index (χ0) is 17.4. The molecular weight excluding hydrogens is 316 g/mol. The van der Waals surface area contributed by atoms with Gasteiger partial charge in [0.05, 0.1) is 11.7 Å². The van der Waals surface area contributed by atoms with E-state index in [2.05, 4.69) is 50.9 Å². The van der Waals surface area contributed by atoms with Crippen molar-refractivity contribution in [2.24, 2.45) is 0 Å². The molecule has 25 heavy (non-hydrogen) atoms. The van der Waals surface area contributed by atoms with Gasteiger partial charge in [-0.15, -0.1) is 0 Å². The molecule has 3 N–H and O–H groups in total. The largest absolute Gasteiger partial charge is 0.359 e. The van der Waals surface area contributed by atoms with E-state index in [1.54, 1.807) is 6.20 Å². The lowest BCUT2D eigenvalue weighted by Crippen LogP contribution is -2.27. The Bertz CT molecular complexity index is 810. The minimum absolute atomic E-state index is 0.125. The molecule has 7 heteroatoms. The second kappa shape index (κ2) is 6.42. The summed E-state index contributed by atoms with van der Waals surface area (Å²) in [4.78, 5) is 26.2. The number of hydrogen-bond donors (Lipinski definition) is 3. The zero-order valence-electron chi connectivity index (χ0n) is 14.4. The van der Waals surface area contributed by atoms with Gasteiger partial charge in [-0.1, -0.05) is 0 Å². The molecule has 1 aliphatic heterocycles. The maximum absolute atomic E-state index is 12.3. The van der Waals surface area contributed by atoms with Crippen molar-refractivity contribution in [2.75, 3.05) is 14.1 Å². The second-order valence-electron chi connectivity index (χ2n) is 6.80.